The van der Waals surface area contributed by atoms with Crippen LogP contribution in [0.15, 0.2) is 29.1 Å². The number of fused-ring (bicyclic) bond motifs is 1. The van der Waals surface area contributed by atoms with Crippen LogP contribution in [0.2, 0.25) is 0 Å². The van der Waals surface area contributed by atoms with Crippen LogP contribution >= 0.6 is 0 Å². The van der Waals surface area contributed by atoms with Crippen LogP contribution in [0.4, 0.5) is 0 Å². The van der Waals surface area contributed by atoms with Gasteiger partial charge in [-0.2, -0.15) is 0 Å². The molecule has 1 aliphatic heterocycles. The van der Waals surface area contributed by atoms with Crippen molar-refractivity contribution in [3.05, 3.63) is 46.0 Å². The molecule has 2 atom stereocenters. The Kier molecular flexibility index (Phi) is 7.96. The minimum atomic E-state index is -0.0605. The number of hydrogen-bond acceptors (Lipinski definition) is 7. The Balaban J connectivity index is 1.50. The quantitative estimate of drug-likeness (QED) is 0.417. The van der Waals surface area contributed by atoms with Crippen LogP contribution < -0.4 is 10.3 Å². The fourth-order valence-electron chi connectivity index (χ4n) is 5.75. The van der Waals surface area contributed by atoms with Crippen molar-refractivity contribution in [3.63, 3.8) is 0 Å². The van der Waals surface area contributed by atoms with Crippen molar-refractivity contribution in [3.8, 4) is 5.75 Å². The molecule has 1 saturated heterocycles. The Hall–Kier alpha value is -2.78. The van der Waals surface area contributed by atoms with E-state index in [1.165, 1.54) is 12.8 Å². The largest absolute Gasteiger partial charge is 0.494 e. The molecule has 0 amide bonds. The standard InChI is InChI=1S/C27H38N6O3/c1-3-8-25(26-29-30-31-33(26)21-9-5-6-10-21)32(18-23-11-7-14-36-23)17-20-15-19-16-22(35-4-2)12-13-24(19)28-27(20)34/h12-13,15-16,21,23,25H,3-11,14,17-18H2,1-2H3,(H,28,34)/t23-,25-/m1/s1. The van der Waals surface area contributed by atoms with Crippen molar-refractivity contribution in [1.29, 1.82) is 0 Å². The Morgan fingerprint density at radius 2 is 2.06 bits per heavy atom. The van der Waals surface area contributed by atoms with Gasteiger partial charge in [0, 0.05) is 36.2 Å². The summed E-state index contributed by atoms with van der Waals surface area (Å²) < 4.78 is 13.8. The molecule has 3 heterocycles. The lowest BCUT2D eigenvalue weighted by atomic mass is 10.0. The van der Waals surface area contributed by atoms with Crippen molar-refractivity contribution in [2.45, 2.75) is 89.9 Å². The predicted octanol–water partition coefficient (Wildman–Crippen LogP) is 4.55. The van der Waals surface area contributed by atoms with Gasteiger partial charge in [-0.15, -0.1) is 5.10 Å². The minimum absolute atomic E-state index is 0.0136. The molecular formula is C27H38N6O3. The summed E-state index contributed by atoms with van der Waals surface area (Å²) in [5.41, 5.74) is 1.48. The second-order valence-electron chi connectivity index (χ2n) is 10.1. The molecule has 0 radical (unpaired) electrons. The van der Waals surface area contributed by atoms with Gasteiger partial charge in [0.25, 0.3) is 5.56 Å². The molecule has 1 aromatic carbocycles. The third-order valence-corrected chi connectivity index (χ3v) is 7.53. The zero-order chi connectivity index (χ0) is 24.9. The van der Waals surface area contributed by atoms with Crippen LogP contribution in [0.25, 0.3) is 10.9 Å². The number of H-pyrrole nitrogens is 1. The third kappa shape index (κ3) is 5.47. The van der Waals surface area contributed by atoms with Gasteiger partial charge in [-0.1, -0.05) is 26.2 Å². The average Bonchev–Trinajstić information content (AvgIpc) is 3.66. The molecule has 0 bridgehead atoms. The highest BCUT2D eigenvalue weighted by Gasteiger charge is 2.32. The topological polar surface area (TPSA) is 98.2 Å². The van der Waals surface area contributed by atoms with E-state index in [4.69, 9.17) is 9.47 Å². The average molecular weight is 495 g/mol. The summed E-state index contributed by atoms with van der Waals surface area (Å²) in [5.74, 6) is 1.72. The van der Waals surface area contributed by atoms with Crippen LogP contribution in [0.5, 0.6) is 5.75 Å². The van der Waals surface area contributed by atoms with E-state index >= 15 is 0 Å². The smallest absolute Gasteiger partial charge is 0.252 e. The number of nitrogens with zero attached hydrogens (tertiary/aromatic N) is 5. The summed E-state index contributed by atoms with van der Waals surface area (Å²) in [4.78, 5) is 18.6. The van der Waals surface area contributed by atoms with Crippen LogP contribution in [-0.2, 0) is 11.3 Å². The van der Waals surface area contributed by atoms with Gasteiger partial charge in [0.15, 0.2) is 5.82 Å². The van der Waals surface area contributed by atoms with Crippen molar-refractivity contribution >= 4 is 10.9 Å². The molecule has 1 N–H and O–H groups in total. The van der Waals surface area contributed by atoms with Gasteiger partial charge in [-0.05, 0) is 73.7 Å². The van der Waals surface area contributed by atoms with Crippen molar-refractivity contribution in [1.82, 2.24) is 30.1 Å². The van der Waals surface area contributed by atoms with Gasteiger partial charge in [-0.25, -0.2) is 4.68 Å². The van der Waals surface area contributed by atoms with Crippen LogP contribution in [0.3, 0.4) is 0 Å². The molecular weight excluding hydrogens is 456 g/mol. The number of tetrazole rings is 1. The van der Waals surface area contributed by atoms with Gasteiger partial charge in [0.1, 0.15) is 5.75 Å². The maximum absolute atomic E-state index is 13.2. The van der Waals surface area contributed by atoms with Gasteiger partial charge >= 0.3 is 0 Å². The Labute approximate surface area is 212 Å². The molecule has 2 fully saturated rings. The number of aromatic nitrogens is 5. The third-order valence-electron chi connectivity index (χ3n) is 7.53. The summed E-state index contributed by atoms with van der Waals surface area (Å²) in [6.45, 7) is 6.82. The van der Waals surface area contributed by atoms with Crippen molar-refractivity contribution in [2.24, 2.45) is 0 Å². The summed E-state index contributed by atoms with van der Waals surface area (Å²) in [6, 6.07) is 8.17. The van der Waals surface area contributed by atoms with Crippen LogP contribution in [0, 0.1) is 0 Å². The molecule has 1 saturated carbocycles. The van der Waals surface area contributed by atoms with Gasteiger partial charge in [-0.3, -0.25) is 9.69 Å². The first-order valence-electron chi connectivity index (χ1n) is 13.6. The number of benzene rings is 1. The lowest BCUT2D eigenvalue weighted by molar-refractivity contribution is 0.0471. The highest BCUT2D eigenvalue weighted by atomic mass is 16.5. The molecule has 1 aliphatic carbocycles. The van der Waals surface area contributed by atoms with Crippen LogP contribution in [-0.4, -0.2) is 56.0 Å². The van der Waals surface area contributed by atoms with Crippen LogP contribution in [0.1, 0.15) is 88.7 Å². The zero-order valence-electron chi connectivity index (χ0n) is 21.5. The summed E-state index contributed by atoms with van der Waals surface area (Å²) in [7, 11) is 0. The lowest BCUT2D eigenvalue weighted by Crippen LogP contribution is -2.38. The van der Waals surface area contributed by atoms with E-state index in [9.17, 15) is 4.79 Å². The number of rotatable bonds is 11. The van der Waals surface area contributed by atoms with E-state index < -0.39 is 0 Å². The van der Waals surface area contributed by atoms with Crippen molar-refractivity contribution in [2.75, 3.05) is 19.8 Å². The molecule has 3 aromatic rings. The summed E-state index contributed by atoms with van der Waals surface area (Å²) in [6.07, 6.45) is 8.86. The Morgan fingerprint density at radius 3 is 2.81 bits per heavy atom. The number of nitrogens with one attached hydrogen (secondary N) is 1. The van der Waals surface area contributed by atoms with Gasteiger partial charge in [0.05, 0.1) is 24.8 Å². The first kappa shape index (κ1) is 24.9. The van der Waals surface area contributed by atoms with E-state index in [2.05, 4.69) is 37.0 Å². The van der Waals surface area contributed by atoms with Gasteiger partial charge in [0.2, 0.25) is 0 Å². The van der Waals surface area contributed by atoms with E-state index in [0.717, 1.165) is 79.7 Å². The fourth-order valence-corrected chi connectivity index (χ4v) is 5.75. The predicted molar refractivity (Wildman–Crippen MR) is 138 cm³/mol. The zero-order valence-corrected chi connectivity index (χ0v) is 21.5. The fraction of sp³-hybridized carbons (Fsp3) is 0.630. The molecule has 2 aliphatic rings. The molecule has 194 valence electrons. The minimum Gasteiger partial charge on any atom is -0.494 e. The lowest BCUT2D eigenvalue weighted by Gasteiger charge is -2.33. The molecule has 5 rings (SSSR count). The second kappa shape index (κ2) is 11.5. The monoisotopic (exact) mass is 494 g/mol. The first-order valence-corrected chi connectivity index (χ1v) is 13.6. The molecule has 9 nitrogen and oxygen atoms in total. The van der Waals surface area contributed by atoms with Crippen molar-refractivity contribution < 1.29 is 9.47 Å². The number of aromatic amines is 1. The highest BCUT2D eigenvalue weighted by Crippen LogP contribution is 2.34. The van der Waals surface area contributed by atoms with E-state index in [1.807, 2.05) is 31.2 Å². The summed E-state index contributed by atoms with van der Waals surface area (Å²) >= 11 is 0. The normalized spacial score (nSPS) is 19.5. The summed E-state index contributed by atoms with van der Waals surface area (Å²) in [5, 5.41) is 14.0. The molecule has 0 unspecified atom stereocenters. The van der Waals surface area contributed by atoms with E-state index in [-0.39, 0.29) is 17.7 Å². The Bertz CT molecular complexity index is 1200. The van der Waals surface area contributed by atoms with Gasteiger partial charge < -0.3 is 14.5 Å². The number of pyridine rings is 1. The van der Waals surface area contributed by atoms with E-state index in [0.29, 0.717) is 19.2 Å². The molecule has 36 heavy (non-hydrogen) atoms. The highest BCUT2D eigenvalue weighted by molar-refractivity contribution is 5.80. The first-order chi connectivity index (χ1) is 17.7. The SMILES string of the molecule is CCC[C@H](c1nnnn1C1CCCC1)N(Cc1cc2cc(OCC)ccc2[nH]c1=O)C[C@H]1CCCO1. The second-order valence-corrected chi connectivity index (χ2v) is 10.1. The maximum Gasteiger partial charge on any atom is 0.252 e. The molecule has 2 aromatic heterocycles. The van der Waals surface area contributed by atoms with E-state index in [1.54, 1.807) is 0 Å². The molecule has 0 spiro atoms. The number of hydrogen-bond donors (Lipinski definition) is 1. The maximum atomic E-state index is 13.2. The Morgan fingerprint density at radius 1 is 1.19 bits per heavy atom. The molecule has 9 heteroatoms. The number of ether oxygens (including phenoxy) is 2.